The molecule has 0 saturated carbocycles. The standard InChI is InChI=1S/C19H23NO2/c1-19(2,3)20(14-15-9-6-5-7-10-15)18(21)16-11-8-12-17(13-16)22-4/h5-13H,14H2,1-4H3. The summed E-state index contributed by atoms with van der Waals surface area (Å²) in [6.07, 6.45) is 0. The lowest BCUT2D eigenvalue weighted by atomic mass is 10.0. The topological polar surface area (TPSA) is 29.5 Å². The Balaban J connectivity index is 2.30. The quantitative estimate of drug-likeness (QED) is 0.849. The summed E-state index contributed by atoms with van der Waals surface area (Å²) in [5.41, 5.74) is 1.49. The van der Waals surface area contributed by atoms with Crippen molar-refractivity contribution in [1.82, 2.24) is 4.90 Å². The van der Waals surface area contributed by atoms with Crippen molar-refractivity contribution in [3.8, 4) is 5.75 Å². The van der Waals surface area contributed by atoms with Gasteiger partial charge < -0.3 is 9.64 Å². The van der Waals surface area contributed by atoms with Crippen LogP contribution in [-0.2, 0) is 6.54 Å². The van der Waals surface area contributed by atoms with Gasteiger partial charge in [-0.25, -0.2) is 0 Å². The molecule has 0 aromatic heterocycles. The molecule has 3 heteroatoms. The van der Waals surface area contributed by atoms with Crippen molar-refractivity contribution in [1.29, 1.82) is 0 Å². The van der Waals surface area contributed by atoms with Gasteiger partial charge in [-0.05, 0) is 44.5 Å². The maximum absolute atomic E-state index is 12.9. The van der Waals surface area contributed by atoms with Crippen LogP contribution in [0.25, 0.3) is 0 Å². The lowest BCUT2D eigenvalue weighted by Gasteiger charge is -2.36. The summed E-state index contributed by atoms with van der Waals surface area (Å²) < 4.78 is 5.22. The Morgan fingerprint density at radius 3 is 2.32 bits per heavy atom. The lowest BCUT2D eigenvalue weighted by Crippen LogP contribution is -2.45. The number of rotatable bonds is 4. The third kappa shape index (κ3) is 3.88. The lowest BCUT2D eigenvalue weighted by molar-refractivity contribution is 0.0558. The predicted octanol–water partition coefficient (Wildman–Crippen LogP) is 4.14. The number of hydrogen-bond donors (Lipinski definition) is 0. The molecule has 0 aliphatic heterocycles. The van der Waals surface area contributed by atoms with Crippen molar-refractivity contribution in [3.05, 3.63) is 65.7 Å². The first-order valence-electron chi connectivity index (χ1n) is 7.42. The van der Waals surface area contributed by atoms with Crippen LogP contribution < -0.4 is 4.74 Å². The molecule has 0 N–H and O–H groups in total. The van der Waals surface area contributed by atoms with Crippen LogP contribution in [0.2, 0.25) is 0 Å². The normalized spacial score (nSPS) is 11.1. The highest BCUT2D eigenvalue weighted by Gasteiger charge is 2.27. The summed E-state index contributed by atoms with van der Waals surface area (Å²) in [6, 6.07) is 17.3. The van der Waals surface area contributed by atoms with Crippen molar-refractivity contribution in [2.45, 2.75) is 32.9 Å². The summed E-state index contributed by atoms with van der Waals surface area (Å²) in [5, 5.41) is 0. The number of ether oxygens (including phenoxy) is 1. The Hall–Kier alpha value is -2.29. The van der Waals surface area contributed by atoms with Crippen molar-refractivity contribution in [2.75, 3.05) is 7.11 Å². The first-order chi connectivity index (χ1) is 10.4. The molecule has 116 valence electrons. The molecule has 2 rings (SSSR count). The molecule has 0 fully saturated rings. The molecule has 0 radical (unpaired) electrons. The summed E-state index contributed by atoms with van der Waals surface area (Å²) in [7, 11) is 1.61. The average molecular weight is 297 g/mol. The van der Waals surface area contributed by atoms with E-state index >= 15 is 0 Å². The van der Waals surface area contributed by atoms with E-state index in [9.17, 15) is 4.79 Å². The van der Waals surface area contributed by atoms with E-state index in [1.54, 1.807) is 13.2 Å². The van der Waals surface area contributed by atoms with Crippen LogP contribution in [0.4, 0.5) is 0 Å². The van der Waals surface area contributed by atoms with Crippen molar-refractivity contribution >= 4 is 5.91 Å². The second-order valence-corrected chi connectivity index (χ2v) is 6.28. The van der Waals surface area contributed by atoms with Crippen molar-refractivity contribution < 1.29 is 9.53 Å². The van der Waals surface area contributed by atoms with E-state index in [1.165, 1.54) is 0 Å². The number of methoxy groups -OCH3 is 1. The zero-order valence-corrected chi connectivity index (χ0v) is 13.7. The van der Waals surface area contributed by atoms with Crippen LogP contribution in [-0.4, -0.2) is 23.5 Å². The molecular weight excluding hydrogens is 274 g/mol. The van der Waals surface area contributed by atoms with E-state index in [-0.39, 0.29) is 11.4 Å². The van der Waals surface area contributed by atoms with Gasteiger partial charge in [0.25, 0.3) is 5.91 Å². The summed E-state index contributed by atoms with van der Waals surface area (Å²) in [5.74, 6) is 0.703. The van der Waals surface area contributed by atoms with Crippen molar-refractivity contribution in [3.63, 3.8) is 0 Å². The first kappa shape index (κ1) is 16.1. The molecule has 0 unspecified atom stereocenters. The molecule has 0 atom stereocenters. The number of carbonyl (C=O) groups is 1. The fraction of sp³-hybridized carbons (Fsp3) is 0.316. The van der Waals surface area contributed by atoms with E-state index in [4.69, 9.17) is 4.74 Å². The van der Waals surface area contributed by atoms with Gasteiger partial charge in [-0.1, -0.05) is 36.4 Å². The highest BCUT2D eigenvalue weighted by molar-refractivity contribution is 5.95. The Kier molecular flexibility index (Phi) is 4.86. The minimum atomic E-state index is -0.268. The Labute approximate surface area is 132 Å². The number of nitrogens with zero attached hydrogens (tertiary/aromatic N) is 1. The molecule has 0 aliphatic carbocycles. The average Bonchev–Trinajstić information content (AvgIpc) is 2.52. The fourth-order valence-electron chi connectivity index (χ4n) is 2.29. The monoisotopic (exact) mass is 297 g/mol. The highest BCUT2D eigenvalue weighted by Crippen LogP contribution is 2.22. The molecule has 0 aliphatic rings. The maximum atomic E-state index is 12.9. The molecular formula is C19H23NO2. The molecule has 3 nitrogen and oxygen atoms in total. The molecule has 22 heavy (non-hydrogen) atoms. The third-order valence-corrected chi connectivity index (χ3v) is 3.56. The number of carbonyl (C=O) groups excluding carboxylic acids is 1. The van der Waals surface area contributed by atoms with E-state index in [0.29, 0.717) is 17.9 Å². The van der Waals surface area contributed by atoms with E-state index in [1.807, 2.05) is 74.2 Å². The second-order valence-electron chi connectivity index (χ2n) is 6.28. The van der Waals surface area contributed by atoms with Crippen LogP contribution in [0.3, 0.4) is 0 Å². The van der Waals surface area contributed by atoms with Gasteiger partial charge in [0.05, 0.1) is 7.11 Å². The minimum absolute atomic E-state index is 0.00949. The largest absolute Gasteiger partial charge is 0.497 e. The van der Waals surface area contributed by atoms with Crippen LogP contribution in [0, 0.1) is 0 Å². The first-order valence-corrected chi connectivity index (χ1v) is 7.42. The Morgan fingerprint density at radius 1 is 1.05 bits per heavy atom. The van der Waals surface area contributed by atoms with E-state index < -0.39 is 0 Å². The molecule has 2 aromatic rings. The summed E-state index contributed by atoms with van der Waals surface area (Å²) >= 11 is 0. The molecule has 2 aromatic carbocycles. The van der Waals surface area contributed by atoms with Gasteiger partial charge in [0.2, 0.25) is 0 Å². The maximum Gasteiger partial charge on any atom is 0.254 e. The second kappa shape index (κ2) is 6.65. The number of hydrogen-bond acceptors (Lipinski definition) is 2. The predicted molar refractivity (Wildman–Crippen MR) is 89.1 cm³/mol. The summed E-state index contributed by atoms with van der Waals surface area (Å²) in [4.78, 5) is 14.8. The van der Waals surface area contributed by atoms with Crippen LogP contribution in [0.5, 0.6) is 5.75 Å². The Bertz CT molecular complexity index is 629. The SMILES string of the molecule is COc1cccc(C(=O)N(Cc2ccccc2)C(C)(C)C)c1. The molecule has 0 heterocycles. The number of amides is 1. The zero-order chi connectivity index (χ0) is 16.2. The van der Waals surface area contributed by atoms with Gasteiger partial charge in [0.15, 0.2) is 0 Å². The molecule has 0 bridgehead atoms. The van der Waals surface area contributed by atoms with Crippen LogP contribution in [0.15, 0.2) is 54.6 Å². The third-order valence-electron chi connectivity index (χ3n) is 3.56. The van der Waals surface area contributed by atoms with E-state index in [0.717, 1.165) is 5.56 Å². The van der Waals surface area contributed by atoms with Crippen molar-refractivity contribution in [2.24, 2.45) is 0 Å². The van der Waals surface area contributed by atoms with Gasteiger partial charge in [-0.15, -0.1) is 0 Å². The fourth-order valence-corrected chi connectivity index (χ4v) is 2.29. The summed E-state index contributed by atoms with van der Waals surface area (Å²) in [6.45, 7) is 6.73. The van der Waals surface area contributed by atoms with Gasteiger partial charge in [-0.2, -0.15) is 0 Å². The zero-order valence-electron chi connectivity index (χ0n) is 13.7. The van der Waals surface area contributed by atoms with Crippen LogP contribution in [0.1, 0.15) is 36.7 Å². The van der Waals surface area contributed by atoms with Gasteiger partial charge in [0.1, 0.15) is 5.75 Å². The molecule has 1 amide bonds. The molecule has 0 saturated heterocycles. The number of benzene rings is 2. The van der Waals surface area contributed by atoms with Crippen LogP contribution >= 0.6 is 0 Å². The smallest absolute Gasteiger partial charge is 0.254 e. The van der Waals surface area contributed by atoms with Gasteiger partial charge >= 0.3 is 0 Å². The minimum Gasteiger partial charge on any atom is -0.497 e. The Morgan fingerprint density at radius 2 is 1.73 bits per heavy atom. The van der Waals surface area contributed by atoms with E-state index in [2.05, 4.69) is 0 Å². The van der Waals surface area contributed by atoms with Gasteiger partial charge in [-0.3, -0.25) is 4.79 Å². The van der Waals surface area contributed by atoms with Gasteiger partial charge in [0, 0.05) is 17.6 Å². The highest BCUT2D eigenvalue weighted by atomic mass is 16.5. The molecule has 0 spiro atoms.